The van der Waals surface area contributed by atoms with Gasteiger partial charge in [-0.3, -0.25) is 9.59 Å². The zero-order valence-electron chi connectivity index (χ0n) is 16.0. The molecule has 0 spiro atoms. The summed E-state index contributed by atoms with van der Waals surface area (Å²) >= 11 is 3.38. The van der Waals surface area contributed by atoms with Gasteiger partial charge in [-0.2, -0.15) is 0 Å². The molecule has 0 aliphatic carbocycles. The molecule has 4 rings (SSSR count). The van der Waals surface area contributed by atoms with E-state index in [2.05, 4.69) is 26.6 Å². The van der Waals surface area contributed by atoms with Crippen LogP contribution in [0.25, 0.3) is 0 Å². The second-order valence-electron chi connectivity index (χ2n) is 6.77. The molecule has 3 aromatic rings. The fraction of sp³-hybridized carbons (Fsp3) is 0.130. The summed E-state index contributed by atoms with van der Waals surface area (Å²) in [5.74, 6) is 0.909. The van der Waals surface area contributed by atoms with Gasteiger partial charge in [0.05, 0.1) is 17.7 Å². The lowest BCUT2D eigenvalue weighted by atomic mass is 10.1. The van der Waals surface area contributed by atoms with Crippen molar-refractivity contribution >= 4 is 33.4 Å². The Morgan fingerprint density at radius 1 is 0.900 bits per heavy atom. The van der Waals surface area contributed by atoms with E-state index in [1.54, 1.807) is 24.3 Å². The van der Waals surface area contributed by atoms with E-state index in [-0.39, 0.29) is 25.0 Å². The van der Waals surface area contributed by atoms with Gasteiger partial charge in [0, 0.05) is 11.0 Å². The first kappa shape index (κ1) is 20.0. The SMILES string of the molecule is O=C(Cc1ccc(Br)cc1)Nc1ccccc1C(=O)NCc1ccc2c(c1)OCO2. The summed E-state index contributed by atoms with van der Waals surface area (Å²) in [7, 11) is 0. The van der Waals surface area contributed by atoms with Gasteiger partial charge in [-0.1, -0.05) is 46.3 Å². The Bertz CT molecular complexity index is 1080. The fourth-order valence-electron chi connectivity index (χ4n) is 3.10. The van der Waals surface area contributed by atoms with Crippen LogP contribution in [-0.4, -0.2) is 18.6 Å². The number of fused-ring (bicyclic) bond motifs is 1. The minimum atomic E-state index is -0.271. The van der Waals surface area contributed by atoms with Gasteiger partial charge in [0.1, 0.15) is 0 Å². The highest BCUT2D eigenvalue weighted by molar-refractivity contribution is 9.10. The normalized spacial score (nSPS) is 11.8. The molecule has 152 valence electrons. The predicted octanol–water partition coefficient (Wildman–Crippen LogP) is 4.29. The van der Waals surface area contributed by atoms with E-state index >= 15 is 0 Å². The number of carbonyl (C=O) groups excluding carboxylic acids is 2. The average Bonchev–Trinajstić information content (AvgIpc) is 3.22. The Kier molecular flexibility index (Phi) is 5.99. The number of rotatable bonds is 6. The van der Waals surface area contributed by atoms with Gasteiger partial charge < -0.3 is 20.1 Å². The molecule has 0 bridgehead atoms. The van der Waals surface area contributed by atoms with Crippen LogP contribution in [-0.2, 0) is 17.8 Å². The van der Waals surface area contributed by atoms with E-state index in [0.29, 0.717) is 29.3 Å². The molecule has 3 aromatic carbocycles. The van der Waals surface area contributed by atoms with Crippen molar-refractivity contribution in [2.24, 2.45) is 0 Å². The van der Waals surface area contributed by atoms with Crippen LogP contribution in [0.15, 0.2) is 71.2 Å². The molecule has 0 saturated carbocycles. The quantitative estimate of drug-likeness (QED) is 0.567. The first-order valence-electron chi connectivity index (χ1n) is 9.38. The van der Waals surface area contributed by atoms with Crippen LogP contribution < -0.4 is 20.1 Å². The third-order valence-electron chi connectivity index (χ3n) is 4.61. The van der Waals surface area contributed by atoms with Crippen LogP contribution in [0.4, 0.5) is 5.69 Å². The molecule has 1 aliphatic rings. The van der Waals surface area contributed by atoms with Crippen molar-refractivity contribution in [2.75, 3.05) is 12.1 Å². The van der Waals surface area contributed by atoms with Gasteiger partial charge in [-0.25, -0.2) is 0 Å². The van der Waals surface area contributed by atoms with E-state index in [0.717, 1.165) is 15.6 Å². The van der Waals surface area contributed by atoms with Crippen molar-refractivity contribution in [3.63, 3.8) is 0 Å². The molecule has 0 saturated heterocycles. The fourth-order valence-corrected chi connectivity index (χ4v) is 3.36. The van der Waals surface area contributed by atoms with E-state index < -0.39 is 0 Å². The van der Waals surface area contributed by atoms with Gasteiger partial charge in [-0.05, 0) is 47.5 Å². The highest BCUT2D eigenvalue weighted by atomic mass is 79.9. The zero-order valence-corrected chi connectivity index (χ0v) is 17.6. The second kappa shape index (κ2) is 9.00. The standard InChI is InChI=1S/C23H19BrN2O4/c24-17-8-5-15(6-9-17)12-22(27)26-19-4-2-1-3-18(19)23(28)25-13-16-7-10-20-21(11-16)30-14-29-20/h1-11H,12-14H2,(H,25,28)(H,26,27). The van der Waals surface area contributed by atoms with Crippen LogP contribution in [0.1, 0.15) is 21.5 Å². The van der Waals surface area contributed by atoms with Crippen molar-refractivity contribution in [1.29, 1.82) is 0 Å². The molecule has 0 atom stereocenters. The van der Waals surface area contributed by atoms with Crippen LogP contribution in [0, 0.1) is 0 Å². The third-order valence-corrected chi connectivity index (χ3v) is 5.14. The predicted molar refractivity (Wildman–Crippen MR) is 117 cm³/mol. The lowest BCUT2D eigenvalue weighted by Gasteiger charge is -2.12. The van der Waals surface area contributed by atoms with Crippen molar-refractivity contribution < 1.29 is 19.1 Å². The maximum absolute atomic E-state index is 12.7. The Labute approximate surface area is 182 Å². The summed E-state index contributed by atoms with van der Waals surface area (Å²) < 4.78 is 11.6. The molecule has 7 heteroatoms. The van der Waals surface area contributed by atoms with Crippen molar-refractivity contribution in [3.8, 4) is 11.5 Å². The molecule has 0 fully saturated rings. The first-order valence-corrected chi connectivity index (χ1v) is 10.2. The second-order valence-corrected chi connectivity index (χ2v) is 7.68. The Balaban J connectivity index is 1.40. The summed E-state index contributed by atoms with van der Waals surface area (Å²) in [6.07, 6.45) is 0.223. The number of ether oxygens (including phenoxy) is 2. The number of halogens is 1. The number of anilines is 1. The van der Waals surface area contributed by atoms with E-state index in [9.17, 15) is 9.59 Å². The summed E-state index contributed by atoms with van der Waals surface area (Å²) in [5.41, 5.74) is 2.66. The molecule has 2 amide bonds. The monoisotopic (exact) mass is 466 g/mol. The van der Waals surface area contributed by atoms with Gasteiger partial charge in [-0.15, -0.1) is 0 Å². The van der Waals surface area contributed by atoms with Gasteiger partial charge in [0.2, 0.25) is 12.7 Å². The average molecular weight is 467 g/mol. The summed E-state index contributed by atoms with van der Waals surface area (Å²) in [6.45, 7) is 0.537. The summed E-state index contributed by atoms with van der Waals surface area (Å²) in [6, 6.07) is 20.0. The lowest BCUT2D eigenvalue weighted by Crippen LogP contribution is -2.25. The van der Waals surface area contributed by atoms with E-state index in [1.165, 1.54) is 0 Å². The lowest BCUT2D eigenvalue weighted by molar-refractivity contribution is -0.115. The molecular formula is C23H19BrN2O4. The van der Waals surface area contributed by atoms with Crippen LogP contribution in [0.3, 0.4) is 0 Å². The number of carbonyl (C=O) groups is 2. The molecule has 1 aliphatic heterocycles. The number of hydrogen-bond donors (Lipinski definition) is 2. The van der Waals surface area contributed by atoms with Gasteiger partial charge >= 0.3 is 0 Å². The van der Waals surface area contributed by atoms with E-state index in [1.807, 2.05) is 42.5 Å². The van der Waals surface area contributed by atoms with Crippen molar-refractivity contribution in [2.45, 2.75) is 13.0 Å². The minimum Gasteiger partial charge on any atom is -0.454 e. The first-order chi connectivity index (χ1) is 14.6. The van der Waals surface area contributed by atoms with Gasteiger partial charge in [0.15, 0.2) is 11.5 Å². The van der Waals surface area contributed by atoms with Crippen LogP contribution in [0.5, 0.6) is 11.5 Å². The Hall–Kier alpha value is -3.32. The van der Waals surface area contributed by atoms with Crippen LogP contribution in [0.2, 0.25) is 0 Å². The van der Waals surface area contributed by atoms with Gasteiger partial charge in [0.25, 0.3) is 5.91 Å². The maximum atomic E-state index is 12.7. The molecule has 0 radical (unpaired) electrons. The molecule has 30 heavy (non-hydrogen) atoms. The number of nitrogens with one attached hydrogen (secondary N) is 2. The largest absolute Gasteiger partial charge is 0.454 e. The molecular weight excluding hydrogens is 448 g/mol. The zero-order chi connectivity index (χ0) is 20.9. The summed E-state index contributed by atoms with van der Waals surface area (Å²) in [5, 5.41) is 5.72. The number of benzene rings is 3. The number of hydrogen-bond acceptors (Lipinski definition) is 4. The molecule has 0 unspecified atom stereocenters. The third kappa shape index (κ3) is 4.80. The number of para-hydroxylation sites is 1. The number of amides is 2. The molecule has 1 heterocycles. The summed E-state index contributed by atoms with van der Waals surface area (Å²) in [4.78, 5) is 25.2. The Morgan fingerprint density at radius 2 is 1.63 bits per heavy atom. The minimum absolute atomic E-state index is 0.187. The highest BCUT2D eigenvalue weighted by Crippen LogP contribution is 2.32. The van der Waals surface area contributed by atoms with E-state index in [4.69, 9.17) is 9.47 Å². The maximum Gasteiger partial charge on any atom is 0.253 e. The van der Waals surface area contributed by atoms with Crippen molar-refractivity contribution in [1.82, 2.24) is 5.32 Å². The van der Waals surface area contributed by atoms with Crippen molar-refractivity contribution in [3.05, 3.63) is 87.9 Å². The molecule has 2 N–H and O–H groups in total. The van der Waals surface area contributed by atoms with Crippen LogP contribution >= 0.6 is 15.9 Å². The smallest absolute Gasteiger partial charge is 0.253 e. The Morgan fingerprint density at radius 3 is 2.47 bits per heavy atom. The highest BCUT2D eigenvalue weighted by Gasteiger charge is 2.16. The molecule has 6 nitrogen and oxygen atoms in total. The topological polar surface area (TPSA) is 76.7 Å². The molecule has 0 aromatic heterocycles.